The second kappa shape index (κ2) is 7.13. The predicted molar refractivity (Wildman–Crippen MR) is 75.4 cm³/mol. The van der Waals surface area contributed by atoms with E-state index in [2.05, 4.69) is 53.1 Å². The lowest BCUT2D eigenvalue weighted by molar-refractivity contribution is 0.408. The Bertz CT molecular complexity index is 352. The van der Waals surface area contributed by atoms with Crippen LogP contribution in [0.3, 0.4) is 0 Å². The Labute approximate surface area is 109 Å². The lowest BCUT2D eigenvalue weighted by Crippen LogP contribution is -2.35. The molecule has 0 unspecified atom stereocenters. The highest BCUT2D eigenvalue weighted by Crippen LogP contribution is 2.13. The van der Waals surface area contributed by atoms with E-state index in [1.807, 2.05) is 6.07 Å². The van der Waals surface area contributed by atoms with Gasteiger partial charge in [0.2, 0.25) is 5.95 Å². The molecule has 1 aromatic heterocycles. The zero-order chi connectivity index (χ0) is 13.5. The third kappa shape index (κ3) is 4.85. The SMILES string of the molecule is CC(C)CN(CCN(C)C)c1ccnc(NN)n1. The van der Waals surface area contributed by atoms with E-state index in [0.717, 1.165) is 25.5 Å². The van der Waals surface area contributed by atoms with Gasteiger partial charge in [0.05, 0.1) is 0 Å². The summed E-state index contributed by atoms with van der Waals surface area (Å²) in [6.07, 6.45) is 1.72. The molecule has 0 aliphatic rings. The second-order valence-electron chi connectivity index (χ2n) is 5.03. The van der Waals surface area contributed by atoms with Gasteiger partial charge in [0, 0.05) is 25.8 Å². The number of nitrogens with two attached hydrogens (primary N) is 1. The van der Waals surface area contributed by atoms with Crippen LogP contribution in [0.1, 0.15) is 13.8 Å². The van der Waals surface area contributed by atoms with Crippen molar-refractivity contribution in [2.24, 2.45) is 11.8 Å². The van der Waals surface area contributed by atoms with Gasteiger partial charge >= 0.3 is 0 Å². The first-order valence-electron chi connectivity index (χ1n) is 6.22. The lowest BCUT2D eigenvalue weighted by atomic mass is 10.2. The highest BCUT2D eigenvalue weighted by atomic mass is 15.3. The molecule has 1 aromatic rings. The first-order chi connectivity index (χ1) is 8.52. The molecule has 6 nitrogen and oxygen atoms in total. The van der Waals surface area contributed by atoms with Crippen LogP contribution < -0.4 is 16.2 Å². The van der Waals surface area contributed by atoms with Crippen molar-refractivity contribution in [1.82, 2.24) is 14.9 Å². The number of rotatable bonds is 7. The molecule has 0 saturated heterocycles. The third-order valence-electron chi connectivity index (χ3n) is 2.50. The van der Waals surface area contributed by atoms with Crippen LogP contribution in [0.2, 0.25) is 0 Å². The Morgan fingerprint density at radius 1 is 1.33 bits per heavy atom. The number of nitrogens with zero attached hydrogens (tertiary/aromatic N) is 4. The average molecular weight is 252 g/mol. The fourth-order valence-electron chi connectivity index (χ4n) is 1.66. The van der Waals surface area contributed by atoms with Crippen molar-refractivity contribution < 1.29 is 0 Å². The molecule has 0 atom stereocenters. The molecule has 6 heteroatoms. The molecule has 1 heterocycles. The van der Waals surface area contributed by atoms with E-state index in [-0.39, 0.29) is 0 Å². The summed E-state index contributed by atoms with van der Waals surface area (Å²) in [5.41, 5.74) is 2.48. The van der Waals surface area contributed by atoms with Crippen molar-refractivity contribution >= 4 is 11.8 Å². The Morgan fingerprint density at radius 3 is 2.61 bits per heavy atom. The number of nitrogen functional groups attached to an aromatic ring is 1. The molecule has 0 bridgehead atoms. The Kier molecular flexibility index (Phi) is 5.80. The molecular formula is C12H24N6. The molecule has 0 spiro atoms. The molecule has 0 saturated carbocycles. The third-order valence-corrected chi connectivity index (χ3v) is 2.50. The molecule has 1 rings (SSSR count). The Morgan fingerprint density at radius 2 is 2.06 bits per heavy atom. The molecule has 102 valence electrons. The van der Waals surface area contributed by atoms with Crippen LogP contribution in [0, 0.1) is 5.92 Å². The fraction of sp³-hybridized carbons (Fsp3) is 0.667. The summed E-state index contributed by atoms with van der Waals surface area (Å²) in [6.45, 7) is 7.29. The maximum Gasteiger partial charge on any atom is 0.239 e. The minimum Gasteiger partial charge on any atom is -0.355 e. The normalized spacial score (nSPS) is 11.1. The molecular weight excluding hydrogens is 228 g/mol. The number of hydrogen-bond acceptors (Lipinski definition) is 6. The van der Waals surface area contributed by atoms with Gasteiger partial charge in [0.25, 0.3) is 0 Å². The van der Waals surface area contributed by atoms with E-state index in [9.17, 15) is 0 Å². The summed E-state index contributed by atoms with van der Waals surface area (Å²) in [6, 6.07) is 1.92. The molecule has 0 radical (unpaired) electrons. The first-order valence-corrected chi connectivity index (χ1v) is 6.22. The van der Waals surface area contributed by atoms with Crippen LogP contribution >= 0.6 is 0 Å². The summed E-state index contributed by atoms with van der Waals surface area (Å²) in [7, 11) is 4.14. The van der Waals surface area contributed by atoms with Crippen LogP contribution in [-0.2, 0) is 0 Å². The lowest BCUT2D eigenvalue weighted by Gasteiger charge is -2.27. The first kappa shape index (κ1) is 14.7. The largest absolute Gasteiger partial charge is 0.355 e. The number of likely N-dealkylation sites (N-methyl/N-ethyl adjacent to an activating group) is 1. The zero-order valence-electron chi connectivity index (χ0n) is 11.7. The van der Waals surface area contributed by atoms with Crippen LogP contribution in [0.15, 0.2) is 12.3 Å². The maximum absolute atomic E-state index is 5.34. The summed E-state index contributed by atoms with van der Waals surface area (Å²) in [5.74, 6) is 7.28. The van der Waals surface area contributed by atoms with Crippen molar-refractivity contribution in [3.05, 3.63) is 12.3 Å². The van der Waals surface area contributed by atoms with Gasteiger partial charge in [0.15, 0.2) is 0 Å². The maximum atomic E-state index is 5.34. The average Bonchev–Trinajstić information content (AvgIpc) is 2.34. The monoisotopic (exact) mass is 252 g/mol. The second-order valence-corrected chi connectivity index (χ2v) is 5.03. The van der Waals surface area contributed by atoms with Gasteiger partial charge in [0.1, 0.15) is 5.82 Å². The zero-order valence-corrected chi connectivity index (χ0v) is 11.7. The van der Waals surface area contributed by atoms with Crippen LogP contribution in [0.25, 0.3) is 0 Å². The standard InChI is InChI=1S/C12H24N6/c1-10(2)9-18(8-7-17(3)4)11-5-6-14-12(15-11)16-13/h5-6,10H,7-9,13H2,1-4H3,(H,14,15,16). The topological polar surface area (TPSA) is 70.3 Å². The number of anilines is 2. The van der Waals surface area contributed by atoms with Gasteiger partial charge < -0.3 is 9.80 Å². The van der Waals surface area contributed by atoms with E-state index in [4.69, 9.17) is 5.84 Å². The molecule has 0 aliphatic heterocycles. The van der Waals surface area contributed by atoms with E-state index in [1.165, 1.54) is 0 Å². The molecule has 0 aromatic carbocycles. The van der Waals surface area contributed by atoms with Crippen LogP contribution in [0.4, 0.5) is 11.8 Å². The van der Waals surface area contributed by atoms with Gasteiger partial charge in [-0.3, -0.25) is 5.43 Å². The Balaban J connectivity index is 2.79. The van der Waals surface area contributed by atoms with Crippen molar-refractivity contribution in [2.75, 3.05) is 44.1 Å². The minimum absolute atomic E-state index is 0.450. The summed E-state index contributed by atoms with van der Waals surface area (Å²) in [5, 5.41) is 0. The minimum atomic E-state index is 0.450. The van der Waals surface area contributed by atoms with E-state index < -0.39 is 0 Å². The molecule has 3 N–H and O–H groups in total. The number of nitrogens with one attached hydrogen (secondary N) is 1. The quantitative estimate of drug-likeness (QED) is 0.552. The number of hydrazine groups is 1. The highest BCUT2D eigenvalue weighted by molar-refractivity contribution is 5.42. The molecule has 0 aliphatic carbocycles. The van der Waals surface area contributed by atoms with Gasteiger partial charge in [-0.2, -0.15) is 4.98 Å². The van der Waals surface area contributed by atoms with Gasteiger partial charge in [-0.1, -0.05) is 13.8 Å². The van der Waals surface area contributed by atoms with Crippen molar-refractivity contribution in [2.45, 2.75) is 13.8 Å². The van der Waals surface area contributed by atoms with Crippen molar-refractivity contribution in [1.29, 1.82) is 0 Å². The van der Waals surface area contributed by atoms with Crippen molar-refractivity contribution in [3.63, 3.8) is 0 Å². The van der Waals surface area contributed by atoms with Gasteiger partial charge in [-0.25, -0.2) is 10.8 Å². The van der Waals surface area contributed by atoms with Gasteiger partial charge in [-0.15, -0.1) is 0 Å². The Hall–Kier alpha value is -1.40. The highest BCUT2D eigenvalue weighted by Gasteiger charge is 2.11. The smallest absolute Gasteiger partial charge is 0.239 e. The fourth-order valence-corrected chi connectivity index (χ4v) is 1.66. The van der Waals surface area contributed by atoms with Gasteiger partial charge in [-0.05, 0) is 26.1 Å². The van der Waals surface area contributed by atoms with E-state index in [0.29, 0.717) is 11.9 Å². The summed E-state index contributed by atoms with van der Waals surface area (Å²) >= 11 is 0. The molecule has 0 fully saturated rings. The molecule has 18 heavy (non-hydrogen) atoms. The summed E-state index contributed by atoms with van der Waals surface area (Å²) < 4.78 is 0. The van der Waals surface area contributed by atoms with Crippen molar-refractivity contribution in [3.8, 4) is 0 Å². The predicted octanol–water partition coefficient (Wildman–Crippen LogP) is 0.786. The van der Waals surface area contributed by atoms with Crippen LogP contribution in [0.5, 0.6) is 0 Å². The summed E-state index contributed by atoms with van der Waals surface area (Å²) in [4.78, 5) is 12.8. The van der Waals surface area contributed by atoms with E-state index >= 15 is 0 Å². The molecule has 0 amide bonds. The number of hydrogen-bond donors (Lipinski definition) is 2. The van der Waals surface area contributed by atoms with Crippen LogP contribution in [-0.4, -0.2) is 48.6 Å². The number of aromatic nitrogens is 2. The van der Waals surface area contributed by atoms with E-state index in [1.54, 1.807) is 6.20 Å².